The van der Waals surface area contributed by atoms with Crippen molar-refractivity contribution in [2.75, 3.05) is 37.6 Å². The molecule has 0 aliphatic carbocycles. The van der Waals surface area contributed by atoms with Crippen molar-refractivity contribution in [2.24, 2.45) is 0 Å². The lowest BCUT2D eigenvalue weighted by atomic mass is 10.1. The van der Waals surface area contributed by atoms with Crippen LogP contribution in [-0.2, 0) is 4.79 Å². The minimum Gasteiger partial charge on any atom is -0.496 e. The molecule has 140 valence electrons. The molecule has 27 heavy (non-hydrogen) atoms. The summed E-state index contributed by atoms with van der Waals surface area (Å²) in [6.07, 6.45) is 1.64. The van der Waals surface area contributed by atoms with Crippen LogP contribution in [-0.4, -0.2) is 39.2 Å². The molecule has 1 aliphatic heterocycles. The molecule has 0 saturated carbocycles. The topological polar surface area (TPSA) is 77.1 Å². The summed E-state index contributed by atoms with van der Waals surface area (Å²) in [5.41, 5.74) is 1.38. The van der Waals surface area contributed by atoms with Crippen LogP contribution in [0.25, 0.3) is 0 Å². The molecule has 0 bridgehead atoms. The molecule has 2 amide bonds. The van der Waals surface area contributed by atoms with Gasteiger partial charge in [-0.2, -0.15) is 0 Å². The Bertz CT molecular complexity index is 872. The molecular formula is C20H20N2O5. The molecule has 0 spiro atoms. The number of amides is 2. The Hall–Kier alpha value is -3.48. The summed E-state index contributed by atoms with van der Waals surface area (Å²) in [5.74, 6) is 0.817. The molecule has 1 aliphatic rings. The van der Waals surface area contributed by atoms with Gasteiger partial charge in [0, 0.05) is 12.2 Å². The third-order valence-electron chi connectivity index (χ3n) is 4.13. The first-order valence-electron chi connectivity index (χ1n) is 8.29. The zero-order chi connectivity index (χ0) is 19.4. The highest BCUT2D eigenvalue weighted by Gasteiger charge is 2.25. The lowest BCUT2D eigenvalue weighted by Crippen LogP contribution is -2.38. The van der Waals surface area contributed by atoms with E-state index in [1.165, 1.54) is 14.2 Å². The fraction of sp³-hybridized carbons (Fsp3) is 0.200. The van der Waals surface area contributed by atoms with Gasteiger partial charge in [-0.05, 0) is 30.3 Å². The normalized spacial score (nSPS) is 12.7. The number of carbonyl (C=O) groups excluding carboxylic acids is 2. The number of hydrogen-bond donors (Lipinski definition) is 1. The van der Waals surface area contributed by atoms with Crippen molar-refractivity contribution in [3.05, 3.63) is 54.6 Å². The van der Waals surface area contributed by atoms with Crippen molar-refractivity contribution in [3.63, 3.8) is 0 Å². The fourth-order valence-corrected chi connectivity index (χ4v) is 2.88. The SMILES string of the molecule is C=CCN1C(=O)COc2ccc(NC(=O)c3c(OC)cccc3OC)cc21. The minimum atomic E-state index is -0.387. The highest BCUT2D eigenvalue weighted by molar-refractivity contribution is 6.09. The molecule has 0 fully saturated rings. The Balaban J connectivity index is 1.92. The number of anilines is 2. The second-order valence-corrected chi connectivity index (χ2v) is 5.76. The van der Waals surface area contributed by atoms with E-state index in [2.05, 4.69) is 11.9 Å². The third-order valence-corrected chi connectivity index (χ3v) is 4.13. The molecule has 0 saturated heterocycles. The molecule has 0 atom stereocenters. The maximum Gasteiger partial charge on any atom is 0.265 e. The van der Waals surface area contributed by atoms with Crippen molar-refractivity contribution >= 4 is 23.2 Å². The molecule has 7 heteroatoms. The van der Waals surface area contributed by atoms with Crippen LogP contribution < -0.4 is 24.4 Å². The van der Waals surface area contributed by atoms with Crippen molar-refractivity contribution in [1.82, 2.24) is 0 Å². The van der Waals surface area contributed by atoms with E-state index in [9.17, 15) is 9.59 Å². The van der Waals surface area contributed by atoms with Gasteiger partial charge in [-0.1, -0.05) is 12.1 Å². The van der Waals surface area contributed by atoms with E-state index in [1.54, 1.807) is 47.4 Å². The summed E-state index contributed by atoms with van der Waals surface area (Å²) in [7, 11) is 2.97. The molecule has 0 unspecified atom stereocenters. The van der Waals surface area contributed by atoms with Crippen LogP contribution in [0.5, 0.6) is 17.2 Å². The standard InChI is InChI=1S/C20H20N2O5/c1-4-10-22-14-11-13(8-9-15(14)27-12-18(22)23)21-20(24)19-16(25-2)6-5-7-17(19)26-3/h4-9,11H,1,10,12H2,2-3H3,(H,21,24). The molecule has 3 rings (SSSR count). The van der Waals surface area contributed by atoms with Crippen LogP contribution in [0.2, 0.25) is 0 Å². The largest absolute Gasteiger partial charge is 0.496 e. The van der Waals surface area contributed by atoms with Gasteiger partial charge >= 0.3 is 0 Å². The van der Waals surface area contributed by atoms with Crippen LogP contribution in [0.4, 0.5) is 11.4 Å². The van der Waals surface area contributed by atoms with Gasteiger partial charge in [0.2, 0.25) is 0 Å². The first-order valence-corrected chi connectivity index (χ1v) is 8.29. The molecule has 1 N–H and O–H groups in total. The van der Waals surface area contributed by atoms with Crippen LogP contribution in [0.15, 0.2) is 49.1 Å². The van der Waals surface area contributed by atoms with Gasteiger partial charge in [-0.15, -0.1) is 6.58 Å². The predicted octanol–water partition coefficient (Wildman–Crippen LogP) is 2.87. The number of carbonyl (C=O) groups is 2. The average molecular weight is 368 g/mol. The summed E-state index contributed by atoms with van der Waals surface area (Å²) < 4.78 is 16.0. The fourth-order valence-electron chi connectivity index (χ4n) is 2.88. The number of nitrogens with one attached hydrogen (secondary N) is 1. The van der Waals surface area contributed by atoms with Crippen molar-refractivity contribution in [1.29, 1.82) is 0 Å². The molecule has 7 nitrogen and oxygen atoms in total. The first kappa shape index (κ1) is 18.3. The van der Waals surface area contributed by atoms with Gasteiger partial charge < -0.3 is 24.4 Å². The second kappa shape index (κ2) is 7.82. The van der Waals surface area contributed by atoms with Gasteiger partial charge in [0.1, 0.15) is 22.8 Å². The number of fused-ring (bicyclic) bond motifs is 1. The molecule has 2 aromatic rings. The maximum absolute atomic E-state index is 12.8. The number of nitrogens with zero attached hydrogens (tertiary/aromatic N) is 1. The summed E-state index contributed by atoms with van der Waals surface area (Å²) in [6, 6.07) is 10.2. The number of methoxy groups -OCH3 is 2. The monoisotopic (exact) mass is 368 g/mol. The number of hydrogen-bond acceptors (Lipinski definition) is 5. The van der Waals surface area contributed by atoms with E-state index in [0.717, 1.165) is 0 Å². The minimum absolute atomic E-state index is 0.0229. The van der Waals surface area contributed by atoms with E-state index in [1.807, 2.05) is 0 Å². The van der Waals surface area contributed by atoms with Gasteiger partial charge in [-0.3, -0.25) is 9.59 Å². The quantitative estimate of drug-likeness (QED) is 0.794. The zero-order valence-electron chi connectivity index (χ0n) is 15.2. The zero-order valence-corrected chi connectivity index (χ0v) is 15.2. The second-order valence-electron chi connectivity index (χ2n) is 5.76. The molecule has 2 aromatic carbocycles. The Morgan fingerprint density at radius 3 is 2.59 bits per heavy atom. The van der Waals surface area contributed by atoms with Crippen molar-refractivity contribution in [3.8, 4) is 17.2 Å². The van der Waals surface area contributed by atoms with Crippen LogP contribution in [0.1, 0.15) is 10.4 Å². The first-order chi connectivity index (χ1) is 13.1. The highest BCUT2D eigenvalue weighted by Crippen LogP contribution is 2.35. The van der Waals surface area contributed by atoms with E-state index in [-0.39, 0.29) is 24.0 Å². The van der Waals surface area contributed by atoms with Crippen molar-refractivity contribution in [2.45, 2.75) is 0 Å². The predicted molar refractivity (Wildman–Crippen MR) is 102 cm³/mol. The van der Waals surface area contributed by atoms with Gasteiger partial charge in [0.15, 0.2) is 6.61 Å². The third kappa shape index (κ3) is 3.57. The number of ether oxygens (including phenoxy) is 3. The molecule has 0 aromatic heterocycles. The van der Waals surface area contributed by atoms with Crippen LogP contribution in [0.3, 0.4) is 0 Å². The molecular weight excluding hydrogens is 348 g/mol. The summed E-state index contributed by atoms with van der Waals surface area (Å²) >= 11 is 0. The van der Waals surface area contributed by atoms with Gasteiger partial charge in [-0.25, -0.2) is 0 Å². The van der Waals surface area contributed by atoms with E-state index in [4.69, 9.17) is 14.2 Å². The summed E-state index contributed by atoms with van der Waals surface area (Å²) in [6.45, 7) is 4.01. The lowest BCUT2D eigenvalue weighted by Gasteiger charge is -2.29. The summed E-state index contributed by atoms with van der Waals surface area (Å²) in [5, 5.41) is 2.82. The lowest BCUT2D eigenvalue weighted by molar-refractivity contribution is -0.121. The number of benzene rings is 2. The van der Waals surface area contributed by atoms with Crippen LogP contribution >= 0.6 is 0 Å². The van der Waals surface area contributed by atoms with E-state index >= 15 is 0 Å². The summed E-state index contributed by atoms with van der Waals surface area (Å²) in [4.78, 5) is 26.5. The van der Waals surface area contributed by atoms with E-state index in [0.29, 0.717) is 35.2 Å². The van der Waals surface area contributed by atoms with Gasteiger partial charge in [0.25, 0.3) is 11.8 Å². The van der Waals surface area contributed by atoms with Crippen LogP contribution in [0, 0.1) is 0 Å². The number of rotatable bonds is 6. The average Bonchev–Trinajstić information content (AvgIpc) is 2.69. The van der Waals surface area contributed by atoms with Gasteiger partial charge in [0.05, 0.1) is 19.9 Å². The Morgan fingerprint density at radius 2 is 1.96 bits per heavy atom. The maximum atomic E-state index is 12.8. The van der Waals surface area contributed by atoms with Crippen molar-refractivity contribution < 1.29 is 23.8 Å². The molecule has 1 heterocycles. The Morgan fingerprint density at radius 1 is 1.26 bits per heavy atom. The Kier molecular flexibility index (Phi) is 5.30. The Labute approximate surface area is 157 Å². The molecule has 0 radical (unpaired) electrons. The highest BCUT2D eigenvalue weighted by atomic mass is 16.5. The van der Waals surface area contributed by atoms with E-state index < -0.39 is 0 Å². The smallest absolute Gasteiger partial charge is 0.265 e.